The number of para-hydroxylation sites is 1. The van der Waals surface area contributed by atoms with Crippen molar-refractivity contribution >= 4 is 28.5 Å². The molecule has 16 heavy (non-hydrogen) atoms. The molecule has 5 nitrogen and oxygen atoms in total. The molecule has 0 unspecified atom stereocenters. The van der Waals surface area contributed by atoms with E-state index in [0.29, 0.717) is 11.0 Å². The molecule has 0 fully saturated rings. The third-order valence-corrected chi connectivity index (χ3v) is 2.08. The maximum absolute atomic E-state index is 11.0. The first-order valence-corrected chi connectivity index (χ1v) is 4.60. The molecular weight excluding hydrogens is 210 g/mol. The van der Waals surface area contributed by atoms with E-state index in [2.05, 4.69) is 5.32 Å². The predicted octanol–water partition coefficient (Wildman–Crippen LogP) is 0.755. The van der Waals surface area contributed by atoms with E-state index < -0.39 is 5.97 Å². The molecule has 1 aromatic heterocycles. The van der Waals surface area contributed by atoms with Crippen LogP contribution in [-0.2, 0) is 4.79 Å². The third-order valence-electron chi connectivity index (χ3n) is 2.08. The molecule has 1 N–H and O–H groups in total. The molecule has 0 saturated carbocycles. The molecule has 5 heteroatoms. The van der Waals surface area contributed by atoms with Crippen LogP contribution in [0.1, 0.15) is 17.5 Å². The van der Waals surface area contributed by atoms with Gasteiger partial charge in [-0.3, -0.25) is 4.79 Å². The van der Waals surface area contributed by atoms with Gasteiger partial charge >= 0.3 is 0 Å². The van der Waals surface area contributed by atoms with Crippen molar-refractivity contribution in [2.45, 2.75) is 6.92 Å². The predicted molar refractivity (Wildman–Crippen MR) is 54.8 cm³/mol. The quantitative estimate of drug-likeness (QED) is 0.806. The lowest BCUT2D eigenvalue weighted by Crippen LogP contribution is -2.23. The summed E-state index contributed by atoms with van der Waals surface area (Å²) >= 11 is 0. The number of furan rings is 1. The zero-order valence-electron chi connectivity index (χ0n) is 8.44. The number of hydrogen-bond donors (Lipinski definition) is 1. The highest BCUT2D eigenvalue weighted by molar-refractivity contribution is 6.08. The Labute approximate surface area is 90.7 Å². The Morgan fingerprint density at radius 1 is 1.31 bits per heavy atom. The van der Waals surface area contributed by atoms with Crippen molar-refractivity contribution in [3.63, 3.8) is 0 Å². The molecule has 1 aromatic carbocycles. The number of anilines is 1. The average molecular weight is 218 g/mol. The molecular formula is C11H8NO4-. The van der Waals surface area contributed by atoms with Crippen LogP contribution in [0.5, 0.6) is 0 Å². The van der Waals surface area contributed by atoms with Crippen LogP contribution in [0.15, 0.2) is 28.7 Å². The Morgan fingerprint density at radius 3 is 2.62 bits per heavy atom. The van der Waals surface area contributed by atoms with E-state index in [0.717, 1.165) is 0 Å². The van der Waals surface area contributed by atoms with Crippen LogP contribution >= 0.6 is 0 Å². The van der Waals surface area contributed by atoms with E-state index in [9.17, 15) is 14.7 Å². The van der Waals surface area contributed by atoms with Gasteiger partial charge in [0, 0.05) is 12.3 Å². The van der Waals surface area contributed by atoms with Crippen LogP contribution < -0.4 is 10.4 Å². The van der Waals surface area contributed by atoms with Crippen LogP contribution in [0.3, 0.4) is 0 Å². The molecule has 0 bridgehead atoms. The zero-order valence-corrected chi connectivity index (χ0v) is 8.44. The Bertz CT molecular complexity index is 570. The van der Waals surface area contributed by atoms with E-state index in [1.165, 1.54) is 6.92 Å². The summed E-state index contributed by atoms with van der Waals surface area (Å²) in [6.45, 7) is 1.29. The van der Waals surface area contributed by atoms with Crippen molar-refractivity contribution in [1.29, 1.82) is 0 Å². The standard InChI is InChI=1S/C11H9NO4/c1-6(13)12-9-7-4-2-3-5-8(7)16-10(9)11(14)15/h2-5H,1H3,(H,12,13)(H,14,15)/p-1. The Kier molecular flexibility index (Phi) is 2.36. The Balaban J connectivity index is 2.69. The van der Waals surface area contributed by atoms with Gasteiger partial charge < -0.3 is 19.6 Å². The first kappa shape index (κ1) is 10.2. The molecule has 82 valence electrons. The largest absolute Gasteiger partial charge is 0.541 e. The van der Waals surface area contributed by atoms with Gasteiger partial charge in [0.15, 0.2) is 5.76 Å². The van der Waals surface area contributed by atoms with Gasteiger partial charge in [-0.25, -0.2) is 0 Å². The molecule has 2 rings (SSSR count). The zero-order chi connectivity index (χ0) is 11.7. The lowest BCUT2D eigenvalue weighted by molar-refractivity contribution is -0.256. The van der Waals surface area contributed by atoms with Gasteiger partial charge in [-0.2, -0.15) is 0 Å². The van der Waals surface area contributed by atoms with Crippen molar-refractivity contribution in [1.82, 2.24) is 0 Å². The minimum Gasteiger partial charge on any atom is -0.541 e. The van der Waals surface area contributed by atoms with E-state index in [1.54, 1.807) is 24.3 Å². The summed E-state index contributed by atoms with van der Waals surface area (Å²) in [7, 11) is 0. The van der Waals surface area contributed by atoms with E-state index in [4.69, 9.17) is 4.42 Å². The van der Waals surface area contributed by atoms with Gasteiger partial charge in [0.1, 0.15) is 11.6 Å². The average Bonchev–Trinajstić information content (AvgIpc) is 2.57. The van der Waals surface area contributed by atoms with Gasteiger partial charge in [0.2, 0.25) is 5.91 Å². The second-order valence-corrected chi connectivity index (χ2v) is 3.27. The van der Waals surface area contributed by atoms with Crippen LogP contribution in [-0.4, -0.2) is 11.9 Å². The van der Waals surface area contributed by atoms with Crippen molar-refractivity contribution in [2.24, 2.45) is 0 Å². The highest BCUT2D eigenvalue weighted by atomic mass is 16.4. The SMILES string of the molecule is CC(=O)Nc1c(C(=O)[O-])oc2ccccc12. The topological polar surface area (TPSA) is 82.4 Å². The highest BCUT2D eigenvalue weighted by Gasteiger charge is 2.15. The molecule has 0 saturated heterocycles. The lowest BCUT2D eigenvalue weighted by atomic mass is 10.2. The monoisotopic (exact) mass is 218 g/mol. The Hall–Kier alpha value is -2.30. The maximum Gasteiger partial charge on any atom is 0.221 e. The van der Waals surface area contributed by atoms with E-state index >= 15 is 0 Å². The number of benzene rings is 1. The molecule has 0 aliphatic carbocycles. The number of carbonyl (C=O) groups is 2. The number of fused-ring (bicyclic) bond motifs is 1. The minimum absolute atomic E-state index is 0.142. The van der Waals surface area contributed by atoms with Crippen LogP contribution in [0.2, 0.25) is 0 Å². The summed E-state index contributed by atoms with van der Waals surface area (Å²) in [6, 6.07) is 6.72. The van der Waals surface area contributed by atoms with Gasteiger partial charge in [-0.15, -0.1) is 0 Å². The number of carbonyl (C=O) groups excluding carboxylic acids is 2. The van der Waals surface area contributed by atoms with Crippen LogP contribution in [0, 0.1) is 0 Å². The molecule has 0 aliphatic rings. The summed E-state index contributed by atoms with van der Waals surface area (Å²) in [5.41, 5.74) is 0.536. The molecule has 2 aromatic rings. The third kappa shape index (κ3) is 1.63. The van der Waals surface area contributed by atoms with Crippen molar-refractivity contribution in [2.75, 3.05) is 5.32 Å². The van der Waals surface area contributed by atoms with Crippen molar-refractivity contribution in [3.8, 4) is 0 Å². The number of nitrogens with one attached hydrogen (secondary N) is 1. The number of carboxylic acid groups (broad SMARTS) is 1. The molecule has 0 atom stereocenters. The summed E-state index contributed by atoms with van der Waals surface area (Å²) in [4.78, 5) is 21.8. The van der Waals surface area contributed by atoms with E-state index in [-0.39, 0.29) is 17.4 Å². The summed E-state index contributed by atoms with van der Waals surface area (Å²) in [5.74, 6) is -2.19. The minimum atomic E-state index is -1.46. The van der Waals surface area contributed by atoms with Gasteiger partial charge in [-0.1, -0.05) is 12.1 Å². The fourth-order valence-corrected chi connectivity index (χ4v) is 1.49. The molecule has 1 heterocycles. The molecule has 1 amide bonds. The number of aromatic carboxylic acids is 1. The highest BCUT2D eigenvalue weighted by Crippen LogP contribution is 2.30. The van der Waals surface area contributed by atoms with Crippen molar-refractivity contribution in [3.05, 3.63) is 30.0 Å². The number of amides is 1. The van der Waals surface area contributed by atoms with E-state index in [1.807, 2.05) is 0 Å². The van der Waals surface area contributed by atoms with Crippen LogP contribution in [0.25, 0.3) is 11.0 Å². The summed E-state index contributed by atoms with van der Waals surface area (Å²) in [6.07, 6.45) is 0. The van der Waals surface area contributed by atoms with Gasteiger partial charge in [-0.05, 0) is 12.1 Å². The van der Waals surface area contributed by atoms with Gasteiger partial charge in [0.05, 0.1) is 5.69 Å². The second-order valence-electron chi connectivity index (χ2n) is 3.27. The Morgan fingerprint density at radius 2 is 2.00 bits per heavy atom. The number of rotatable bonds is 2. The summed E-state index contributed by atoms with van der Waals surface area (Å²) < 4.78 is 5.08. The van der Waals surface area contributed by atoms with Crippen LogP contribution in [0.4, 0.5) is 5.69 Å². The van der Waals surface area contributed by atoms with Gasteiger partial charge in [0.25, 0.3) is 0 Å². The number of hydrogen-bond acceptors (Lipinski definition) is 4. The number of carboxylic acids is 1. The van der Waals surface area contributed by atoms with Crippen molar-refractivity contribution < 1.29 is 19.1 Å². The maximum atomic E-state index is 11.0. The first-order valence-electron chi connectivity index (χ1n) is 4.60. The second kappa shape index (κ2) is 3.69. The normalized spacial score (nSPS) is 10.3. The fourth-order valence-electron chi connectivity index (χ4n) is 1.49. The smallest absolute Gasteiger partial charge is 0.221 e. The fraction of sp³-hybridized carbons (Fsp3) is 0.0909. The molecule has 0 spiro atoms. The molecule has 0 radical (unpaired) electrons. The molecule has 0 aliphatic heterocycles. The first-order chi connectivity index (χ1) is 7.59. The summed E-state index contributed by atoms with van der Waals surface area (Å²) in [5, 5.41) is 13.8. The lowest BCUT2D eigenvalue weighted by Gasteiger charge is -2.03.